The number of nitrogens with zero attached hydrogens (tertiary/aromatic N) is 3. The van der Waals surface area contributed by atoms with E-state index < -0.39 is 29.7 Å². The summed E-state index contributed by atoms with van der Waals surface area (Å²) < 4.78 is 41.6. The van der Waals surface area contributed by atoms with Gasteiger partial charge in [0, 0.05) is 17.7 Å². The first-order chi connectivity index (χ1) is 12.6. The van der Waals surface area contributed by atoms with Crippen molar-refractivity contribution in [1.82, 2.24) is 15.5 Å². The zero-order chi connectivity index (χ0) is 20.2. The van der Waals surface area contributed by atoms with Gasteiger partial charge in [0.2, 0.25) is 11.7 Å². The quantitative estimate of drug-likeness (QED) is 0.610. The highest BCUT2D eigenvalue weighted by Gasteiger charge is 2.38. The molecule has 0 fully saturated rings. The lowest BCUT2D eigenvalue weighted by Crippen LogP contribution is -2.36. The normalized spacial score (nSPS) is 12.5. The van der Waals surface area contributed by atoms with Gasteiger partial charge in [-0.25, -0.2) is 0 Å². The smallest absolute Gasteiger partial charge is 0.354 e. The Kier molecular flexibility index (Phi) is 5.95. The van der Waals surface area contributed by atoms with Crippen LogP contribution in [0.4, 0.5) is 13.2 Å². The van der Waals surface area contributed by atoms with Crippen LogP contribution in [0, 0.1) is 23.2 Å². The van der Waals surface area contributed by atoms with E-state index in [0.717, 1.165) is 0 Å². The Morgan fingerprint density at radius 2 is 1.89 bits per heavy atom. The van der Waals surface area contributed by atoms with E-state index in [-0.39, 0.29) is 22.9 Å². The summed E-state index contributed by atoms with van der Waals surface area (Å²) in [5, 5.41) is 14.9. The Morgan fingerprint density at radius 3 is 2.37 bits per heavy atom. The minimum Gasteiger partial charge on any atom is -0.354 e. The van der Waals surface area contributed by atoms with Crippen LogP contribution in [0.3, 0.4) is 0 Å². The molecule has 0 saturated heterocycles. The molecule has 142 valence electrons. The lowest BCUT2D eigenvalue weighted by molar-refractivity contribution is -0.159. The molecule has 2 aromatic rings. The van der Waals surface area contributed by atoms with Gasteiger partial charge in [0.25, 0.3) is 0 Å². The molecule has 0 saturated carbocycles. The number of ketones is 1. The van der Waals surface area contributed by atoms with E-state index in [2.05, 4.69) is 20.0 Å². The molecule has 0 aliphatic heterocycles. The summed E-state index contributed by atoms with van der Waals surface area (Å²) in [6, 6.07) is 6.83. The molecule has 1 atom stereocenters. The number of aromatic nitrogens is 2. The molecule has 1 N–H and O–H groups in total. The molecule has 0 bridgehead atoms. The monoisotopic (exact) mass is 380 g/mol. The molecule has 7 nitrogen and oxygen atoms in total. The number of carbonyl (C=O) groups excluding carboxylic acids is 2. The third-order valence-corrected chi connectivity index (χ3v) is 3.43. The summed E-state index contributed by atoms with van der Waals surface area (Å²) in [5.41, 5.74) is 0.244. The number of benzene rings is 1. The van der Waals surface area contributed by atoms with Gasteiger partial charge in [-0.3, -0.25) is 9.59 Å². The SMILES string of the molecule is CC(C)CNC(=O)[C@H](C#N)C(=O)c1ccc(-c2noc(C(F)(F)F)n2)cc1. The molecule has 27 heavy (non-hydrogen) atoms. The van der Waals surface area contributed by atoms with Crippen molar-refractivity contribution in [3.63, 3.8) is 0 Å². The molecule has 1 aromatic carbocycles. The number of amides is 1. The van der Waals surface area contributed by atoms with Crippen LogP contribution in [0.15, 0.2) is 28.8 Å². The summed E-state index contributed by atoms with van der Waals surface area (Å²) in [7, 11) is 0. The minimum atomic E-state index is -4.76. The van der Waals surface area contributed by atoms with Crippen molar-refractivity contribution < 1.29 is 27.3 Å². The number of carbonyl (C=O) groups is 2. The summed E-state index contributed by atoms with van der Waals surface area (Å²) >= 11 is 0. The molecule has 10 heteroatoms. The Hall–Kier alpha value is -3.22. The highest BCUT2D eigenvalue weighted by atomic mass is 19.4. The van der Waals surface area contributed by atoms with Crippen molar-refractivity contribution in [3.8, 4) is 17.5 Å². The van der Waals surface area contributed by atoms with Gasteiger partial charge in [0.05, 0.1) is 6.07 Å². The highest BCUT2D eigenvalue weighted by molar-refractivity contribution is 6.12. The zero-order valence-electron chi connectivity index (χ0n) is 14.4. The van der Waals surface area contributed by atoms with E-state index in [9.17, 15) is 22.8 Å². The van der Waals surface area contributed by atoms with Crippen molar-refractivity contribution in [2.75, 3.05) is 6.54 Å². The van der Waals surface area contributed by atoms with Crippen molar-refractivity contribution in [3.05, 3.63) is 35.7 Å². The van der Waals surface area contributed by atoms with E-state index in [1.165, 1.54) is 24.3 Å². The largest absolute Gasteiger partial charge is 0.471 e. The van der Waals surface area contributed by atoms with Gasteiger partial charge < -0.3 is 9.84 Å². The summed E-state index contributed by atoms with van der Waals surface area (Å²) in [6.45, 7) is 4.05. The van der Waals surface area contributed by atoms with Gasteiger partial charge in [-0.05, 0) is 5.92 Å². The number of nitriles is 1. The zero-order valence-corrected chi connectivity index (χ0v) is 14.4. The molecule has 1 amide bonds. The fraction of sp³-hybridized carbons (Fsp3) is 0.353. The fourth-order valence-corrected chi connectivity index (χ4v) is 2.05. The van der Waals surface area contributed by atoms with Crippen molar-refractivity contribution in [2.24, 2.45) is 11.8 Å². The average Bonchev–Trinajstić information content (AvgIpc) is 3.11. The first kappa shape index (κ1) is 20.1. The van der Waals surface area contributed by atoms with Crippen LogP contribution < -0.4 is 5.32 Å². The molecule has 0 aliphatic carbocycles. The van der Waals surface area contributed by atoms with E-state index in [1.54, 1.807) is 6.07 Å². The number of rotatable bonds is 6. The van der Waals surface area contributed by atoms with Crippen molar-refractivity contribution in [1.29, 1.82) is 5.26 Å². The molecule has 0 aliphatic rings. The second-order valence-corrected chi connectivity index (χ2v) is 6.06. The number of halogens is 3. The van der Waals surface area contributed by atoms with Crippen LogP contribution in [0.1, 0.15) is 30.1 Å². The second-order valence-electron chi connectivity index (χ2n) is 6.06. The predicted octanol–water partition coefficient (Wildman–Crippen LogP) is 2.85. The van der Waals surface area contributed by atoms with Gasteiger partial charge in [0.1, 0.15) is 0 Å². The van der Waals surface area contributed by atoms with E-state index in [1.807, 2.05) is 13.8 Å². The summed E-state index contributed by atoms with van der Waals surface area (Å²) in [4.78, 5) is 27.6. The number of alkyl halides is 3. The maximum Gasteiger partial charge on any atom is 0.471 e. The molecule has 1 heterocycles. The van der Waals surface area contributed by atoms with Crippen molar-refractivity contribution in [2.45, 2.75) is 20.0 Å². The van der Waals surface area contributed by atoms with Crippen LogP contribution in [0.5, 0.6) is 0 Å². The third-order valence-electron chi connectivity index (χ3n) is 3.43. The number of hydrogen-bond acceptors (Lipinski definition) is 6. The maximum absolute atomic E-state index is 12.5. The van der Waals surface area contributed by atoms with Gasteiger partial charge >= 0.3 is 12.1 Å². The van der Waals surface area contributed by atoms with Crippen LogP contribution in [0.25, 0.3) is 11.4 Å². The molecular weight excluding hydrogens is 365 g/mol. The minimum absolute atomic E-state index is 0.0598. The standard InChI is InChI=1S/C17H15F3N4O3/c1-9(2)8-22-15(26)12(7-21)13(25)10-3-5-11(6-4-10)14-23-16(27-24-14)17(18,19)20/h3-6,9,12H,8H2,1-2H3,(H,22,26)/t12-/m1/s1. The summed E-state index contributed by atoms with van der Waals surface area (Å²) in [6.07, 6.45) is -4.76. The van der Waals surface area contributed by atoms with Gasteiger partial charge in [-0.15, -0.1) is 0 Å². The number of Topliss-reactive ketones (excluding diaryl/α,β-unsaturated/α-hetero) is 1. The van der Waals surface area contributed by atoms with Gasteiger partial charge in [-0.1, -0.05) is 43.3 Å². The summed E-state index contributed by atoms with van der Waals surface area (Å²) in [5.74, 6) is -4.56. The Balaban J connectivity index is 2.16. The number of hydrogen-bond donors (Lipinski definition) is 1. The first-order valence-electron chi connectivity index (χ1n) is 7.86. The second kappa shape index (κ2) is 7.99. The van der Waals surface area contributed by atoms with Crippen molar-refractivity contribution >= 4 is 11.7 Å². The lowest BCUT2D eigenvalue weighted by Gasteiger charge is -2.11. The van der Waals surface area contributed by atoms with Gasteiger partial charge in [-0.2, -0.15) is 23.4 Å². The third kappa shape index (κ3) is 4.91. The first-order valence-corrected chi connectivity index (χ1v) is 7.86. The molecule has 1 aromatic heterocycles. The van der Waals surface area contributed by atoms with Crippen LogP contribution >= 0.6 is 0 Å². The fourth-order valence-electron chi connectivity index (χ4n) is 2.05. The van der Waals surface area contributed by atoms with E-state index in [4.69, 9.17) is 5.26 Å². The molecule has 0 unspecified atom stereocenters. The predicted molar refractivity (Wildman–Crippen MR) is 86.0 cm³/mol. The highest BCUT2D eigenvalue weighted by Crippen LogP contribution is 2.29. The number of nitrogens with one attached hydrogen (secondary N) is 1. The molecular formula is C17H15F3N4O3. The van der Waals surface area contributed by atoms with Crippen LogP contribution in [-0.4, -0.2) is 28.4 Å². The Bertz CT molecular complexity index is 867. The Morgan fingerprint density at radius 1 is 1.26 bits per heavy atom. The van der Waals surface area contributed by atoms with E-state index >= 15 is 0 Å². The topological polar surface area (TPSA) is 109 Å². The average molecular weight is 380 g/mol. The van der Waals surface area contributed by atoms with E-state index in [0.29, 0.717) is 6.54 Å². The molecule has 0 radical (unpaired) electrons. The van der Waals surface area contributed by atoms with Crippen LogP contribution in [-0.2, 0) is 11.0 Å². The molecule has 2 rings (SSSR count). The lowest BCUT2D eigenvalue weighted by atomic mass is 9.97. The Labute approximate surface area is 152 Å². The van der Waals surface area contributed by atoms with Crippen LogP contribution in [0.2, 0.25) is 0 Å². The maximum atomic E-state index is 12.5. The van der Waals surface area contributed by atoms with Gasteiger partial charge in [0.15, 0.2) is 11.7 Å². The molecule has 0 spiro atoms.